The van der Waals surface area contributed by atoms with E-state index in [1.54, 1.807) is 19.3 Å². The topological polar surface area (TPSA) is 0 Å². The summed E-state index contributed by atoms with van der Waals surface area (Å²) in [5, 5.41) is 0. The molecule has 12 heavy (non-hydrogen) atoms. The highest BCUT2D eigenvalue weighted by molar-refractivity contribution is 4.98. The van der Waals surface area contributed by atoms with Gasteiger partial charge < -0.3 is 0 Å². The maximum Gasteiger partial charge on any atom is -0.0294 e. The molecule has 0 aromatic carbocycles. The summed E-state index contributed by atoms with van der Waals surface area (Å²) < 4.78 is 0. The molecule has 0 aliphatic heterocycles. The van der Waals surface area contributed by atoms with Crippen molar-refractivity contribution in [3.8, 4) is 0 Å². The third kappa shape index (κ3) is 1.53. The monoisotopic (exact) mass is 166 g/mol. The minimum Gasteiger partial charge on any atom is -0.0599 e. The lowest BCUT2D eigenvalue weighted by atomic mass is 9.68. The average Bonchev–Trinajstić information content (AvgIpc) is 2.68. The molecular formula is C12H22. The third-order valence-corrected chi connectivity index (χ3v) is 4.12. The lowest BCUT2D eigenvalue weighted by Gasteiger charge is -2.38. The van der Waals surface area contributed by atoms with Crippen molar-refractivity contribution < 1.29 is 0 Å². The van der Waals surface area contributed by atoms with Crippen LogP contribution in [-0.2, 0) is 0 Å². The molecule has 0 saturated heterocycles. The Labute approximate surface area is 76.7 Å². The summed E-state index contributed by atoms with van der Waals surface area (Å²) >= 11 is 0. The molecule has 0 heteroatoms. The van der Waals surface area contributed by atoms with Gasteiger partial charge in [-0.1, -0.05) is 27.2 Å². The minimum absolute atomic E-state index is 0.565. The molecule has 2 saturated carbocycles. The van der Waals surface area contributed by atoms with Gasteiger partial charge in [-0.3, -0.25) is 0 Å². The van der Waals surface area contributed by atoms with E-state index < -0.39 is 0 Å². The Kier molecular flexibility index (Phi) is 1.79. The molecule has 0 amide bonds. The largest absolute Gasteiger partial charge is 0.0599 e. The van der Waals surface area contributed by atoms with Crippen LogP contribution in [0.15, 0.2) is 0 Å². The normalized spacial score (nSPS) is 33.8. The first-order valence-electron chi connectivity index (χ1n) is 5.52. The first-order chi connectivity index (χ1) is 5.52. The molecule has 2 aliphatic rings. The van der Waals surface area contributed by atoms with Gasteiger partial charge in [0.25, 0.3) is 0 Å². The molecule has 0 bridgehead atoms. The van der Waals surface area contributed by atoms with Crippen molar-refractivity contribution in [2.75, 3.05) is 0 Å². The van der Waals surface area contributed by atoms with Crippen LogP contribution in [0.5, 0.6) is 0 Å². The van der Waals surface area contributed by atoms with Crippen LogP contribution >= 0.6 is 0 Å². The number of hydrogen-bond acceptors (Lipinski definition) is 0. The van der Waals surface area contributed by atoms with Crippen LogP contribution in [0, 0.1) is 16.7 Å². The fourth-order valence-electron chi connectivity index (χ4n) is 2.82. The fourth-order valence-corrected chi connectivity index (χ4v) is 2.82. The number of rotatable bonds is 0. The first kappa shape index (κ1) is 8.59. The van der Waals surface area contributed by atoms with Gasteiger partial charge >= 0.3 is 0 Å². The summed E-state index contributed by atoms with van der Waals surface area (Å²) in [5.74, 6) is 1.01. The molecule has 0 nitrogen and oxygen atoms in total. The molecule has 0 heterocycles. The Morgan fingerprint density at radius 3 is 2.25 bits per heavy atom. The third-order valence-electron chi connectivity index (χ3n) is 4.12. The van der Waals surface area contributed by atoms with Crippen molar-refractivity contribution in [1.82, 2.24) is 0 Å². The lowest BCUT2D eigenvalue weighted by molar-refractivity contribution is 0.131. The summed E-state index contributed by atoms with van der Waals surface area (Å²) in [6.07, 6.45) is 9.16. The highest BCUT2D eigenvalue weighted by Gasteiger charge is 2.47. The maximum absolute atomic E-state index is 2.42. The Balaban J connectivity index is 1.99. The van der Waals surface area contributed by atoms with Gasteiger partial charge in [-0.15, -0.1) is 0 Å². The van der Waals surface area contributed by atoms with E-state index in [4.69, 9.17) is 0 Å². The SMILES string of the molecule is CC(C)(C)C1CCCC2(CC2)C1. The van der Waals surface area contributed by atoms with Crippen molar-refractivity contribution in [3.63, 3.8) is 0 Å². The van der Waals surface area contributed by atoms with Crippen LogP contribution in [0.1, 0.15) is 59.3 Å². The van der Waals surface area contributed by atoms with Gasteiger partial charge in [-0.2, -0.15) is 0 Å². The predicted octanol–water partition coefficient (Wildman–Crippen LogP) is 4.00. The van der Waals surface area contributed by atoms with Crippen molar-refractivity contribution in [3.05, 3.63) is 0 Å². The molecular weight excluding hydrogens is 144 g/mol. The summed E-state index contributed by atoms with van der Waals surface area (Å²) in [7, 11) is 0. The van der Waals surface area contributed by atoms with Gasteiger partial charge in [0, 0.05) is 0 Å². The molecule has 70 valence electrons. The van der Waals surface area contributed by atoms with E-state index in [2.05, 4.69) is 20.8 Å². The van der Waals surface area contributed by atoms with Crippen molar-refractivity contribution >= 4 is 0 Å². The van der Waals surface area contributed by atoms with E-state index in [0.717, 1.165) is 11.3 Å². The first-order valence-corrected chi connectivity index (χ1v) is 5.52. The summed E-state index contributed by atoms with van der Waals surface area (Å²) in [5.41, 5.74) is 1.42. The van der Waals surface area contributed by atoms with Gasteiger partial charge in [0.15, 0.2) is 0 Å². The summed E-state index contributed by atoms with van der Waals surface area (Å²) in [6, 6.07) is 0. The molecule has 0 radical (unpaired) electrons. The van der Waals surface area contributed by atoms with Crippen LogP contribution < -0.4 is 0 Å². The standard InChI is InChI=1S/C12H22/c1-11(2,3)10-5-4-6-12(9-10)7-8-12/h10H,4-9H2,1-3H3. The Hall–Kier alpha value is 0. The quantitative estimate of drug-likeness (QED) is 0.510. The smallest absolute Gasteiger partial charge is 0.0294 e. The molecule has 2 fully saturated rings. The van der Waals surface area contributed by atoms with Crippen LogP contribution in [0.4, 0.5) is 0 Å². The second-order valence-electron chi connectivity index (χ2n) is 6.16. The minimum atomic E-state index is 0.565. The van der Waals surface area contributed by atoms with Crippen LogP contribution in [0.25, 0.3) is 0 Å². The Morgan fingerprint density at radius 2 is 1.75 bits per heavy atom. The Morgan fingerprint density at radius 1 is 1.08 bits per heavy atom. The predicted molar refractivity (Wildman–Crippen MR) is 53.1 cm³/mol. The zero-order valence-corrected chi connectivity index (χ0v) is 8.82. The van der Waals surface area contributed by atoms with E-state index in [-0.39, 0.29) is 0 Å². The van der Waals surface area contributed by atoms with E-state index in [9.17, 15) is 0 Å². The summed E-state index contributed by atoms with van der Waals surface area (Å²) in [4.78, 5) is 0. The van der Waals surface area contributed by atoms with Gasteiger partial charge in [-0.25, -0.2) is 0 Å². The molecule has 2 rings (SSSR count). The maximum atomic E-state index is 2.42. The molecule has 1 atom stereocenters. The van der Waals surface area contributed by atoms with Crippen LogP contribution in [-0.4, -0.2) is 0 Å². The van der Waals surface area contributed by atoms with E-state index in [1.165, 1.54) is 19.3 Å². The Bertz CT molecular complexity index is 169. The molecule has 0 N–H and O–H groups in total. The van der Waals surface area contributed by atoms with E-state index in [0.29, 0.717) is 5.41 Å². The zero-order chi connectivity index (χ0) is 8.82. The van der Waals surface area contributed by atoms with Gasteiger partial charge in [0.05, 0.1) is 0 Å². The lowest BCUT2D eigenvalue weighted by Crippen LogP contribution is -2.27. The van der Waals surface area contributed by atoms with Crippen LogP contribution in [0.2, 0.25) is 0 Å². The molecule has 0 aromatic rings. The van der Waals surface area contributed by atoms with Crippen molar-refractivity contribution in [2.45, 2.75) is 59.3 Å². The fraction of sp³-hybridized carbons (Fsp3) is 1.00. The van der Waals surface area contributed by atoms with E-state index in [1.807, 2.05) is 0 Å². The van der Waals surface area contributed by atoms with Gasteiger partial charge in [-0.05, 0) is 48.9 Å². The van der Waals surface area contributed by atoms with E-state index >= 15 is 0 Å². The second kappa shape index (κ2) is 2.49. The van der Waals surface area contributed by atoms with Crippen molar-refractivity contribution in [2.24, 2.45) is 16.7 Å². The van der Waals surface area contributed by atoms with Crippen LogP contribution in [0.3, 0.4) is 0 Å². The molecule has 1 spiro atoms. The molecule has 1 unspecified atom stereocenters. The zero-order valence-electron chi connectivity index (χ0n) is 8.82. The van der Waals surface area contributed by atoms with Crippen molar-refractivity contribution in [1.29, 1.82) is 0 Å². The highest BCUT2D eigenvalue weighted by Crippen LogP contribution is 2.59. The highest BCUT2D eigenvalue weighted by atomic mass is 14.5. The second-order valence-corrected chi connectivity index (χ2v) is 6.16. The van der Waals surface area contributed by atoms with Gasteiger partial charge in [0.2, 0.25) is 0 Å². The molecule has 0 aromatic heterocycles. The average molecular weight is 166 g/mol. The molecule has 2 aliphatic carbocycles. The summed E-state index contributed by atoms with van der Waals surface area (Å²) in [6.45, 7) is 7.25. The number of hydrogen-bond donors (Lipinski definition) is 0. The van der Waals surface area contributed by atoms with Gasteiger partial charge in [0.1, 0.15) is 0 Å².